The van der Waals surface area contributed by atoms with Gasteiger partial charge < -0.3 is 10.0 Å². The Kier molecular flexibility index (Phi) is 6.18. The van der Waals surface area contributed by atoms with Gasteiger partial charge in [0.2, 0.25) is 0 Å². The summed E-state index contributed by atoms with van der Waals surface area (Å²) >= 11 is 1.94. The van der Waals surface area contributed by atoms with Crippen molar-refractivity contribution in [2.45, 2.75) is 42.0 Å². The molecule has 1 N–H and O–H groups in total. The summed E-state index contributed by atoms with van der Waals surface area (Å²) in [6.45, 7) is 7.99. The van der Waals surface area contributed by atoms with E-state index in [-0.39, 0.29) is 0 Å². The lowest BCUT2D eigenvalue weighted by molar-refractivity contribution is 0.0899. The molecule has 4 heteroatoms. The zero-order chi connectivity index (χ0) is 18.6. The minimum Gasteiger partial charge on any atom is -0.396 e. The van der Waals surface area contributed by atoms with Gasteiger partial charge in [-0.1, -0.05) is 49.0 Å². The summed E-state index contributed by atoms with van der Waals surface area (Å²) in [5.41, 5.74) is 4.43. The van der Waals surface area contributed by atoms with Crippen molar-refractivity contribution in [3.8, 4) is 0 Å². The molecule has 0 amide bonds. The van der Waals surface area contributed by atoms with Gasteiger partial charge in [0.25, 0.3) is 0 Å². The fraction of sp³-hybridized carbons (Fsp3) is 0.478. The highest BCUT2D eigenvalue weighted by Gasteiger charge is 2.29. The lowest BCUT2D eigenvalue weighted by Gasteiger charge is -2.39. The maximum atomic E-state index is 9.10. The van der Waals surface area contributed by atoms with Gasteiger partial charge in [0, 0.05) is 55.2 Å². The number of aliphatic hydroxyl groups excluding tert-OH is 1. The van der Waals surface area contributed by atoms with Crippen molar-refractivity contribution in [2.75, 3.05) is 39.3 Å². The van der Waals surface area contributed by atoms with E-state index in [0.717, 1.165) is 52.0 Å². The molecule has 27 heavy (non-hydrogen) atoms. The molecule has 0 saturated carbocycles. The van der Waals surface area contributed by atoms with E-state index >= 15 is 0 Å². The van der Waals surface area contributed by atoms with E-state index in [1.54, 1.807) is 0 Å². The Balaban J connectivity index is 1.61. The number of rotatable bonds is 5. The van der Waals surface area contributed by atoms with E-state index in [4.69, 9.17) is 5.11 Å². The molecule has 2 aromatic rings. The summed E-state index contributed by atoms with van der Waals surface area (Å²) in [5.74, 6) is 0. The second kappa shape index (κ2) is 8.78. The summed E-state index contributed by atoms with van der Waals surface area (Å²) in [6, 6.07) is 16.5. The molecule has 1 saturated heterocycles. The van der Waals surface area contributed by atoms with Crippen LogP contribution in [-0.4, -0.2) is 54.2 Å². The van der Waals surface area contributed by atoms with E-state index < -0.39 is 0 Å². The molecule has 0 radical (unpaired) electrons. The minimum absolute atomic E-state index is 0.296. The van der Waals surface area contributed by atoms with Crippen molar-refractivity contribution < 1.29 is 5.11 Å². The van der Waals surface area contributed by atoms with Gasteiger partial charge >= 0.3 is 0 Å². The van der Waals surface area contributed by atoms with Crippen LogP contribution in [0.3, 0.4) is 0 Å². The Morgan fingerprint density at radius 1 is 1.04 bits per heavy atom. The first kappa shape index (κ1) is 19.0. The number of aliphatic hydroxyl groups is 1. The fourth-order valence-corrected chi connectivity index (χ4v) is 5.41. The number of benzene rings is 2. The minimum atomic E-state index is 0.296. The number of hydrogen-bond donors (Lipinski definition) is 1. The second-order valence-electron chi connectivity index (χ2n) is 7.61. The van der Waals surface area contributed by atoms with Gasteiger partial charge in [0.1, 0.15) is 0 Å². The number of hydrogen-bond acceptors (Lipinski definition) is 4. The molecule has 0 aliphatic carbocycles. The predicted molar refractivity (Wildman–Crippen MR) is 113 cm³/mol. The van der Waals surface area contributed by atoms with Crippen LogP contribution in [0.25, 0.3) is 0 Å². The quantitative estimate of drug-likeness (QED) is 0.846. The Bertz CT molecular complexity index is 771. The van der Waals surface area contributed by atoms with Gasteiger partial charge in [-0.3, -0.25) is 4.90 Å². The molecule has 2 aromatic carbocycles. The van der Waals surface area contributed by atoms with Crippen LogP contribution in [0, 0.1) is 0 Å². The van der Waals surface area contributed by atoms with Gasteiger partial charge in [-0.15, -0.1) is 0 Å². The Labute approximate surface area is 167 Å². The molecule has 144 valence electrons. The second-order valence-corrected chi connectivity index (χ2v) is 8.69. The van der Waals surface area contributed by atoms with Gasteiger partial charge in [0.05, 0.1) is 0 Å². The van der Waals surface area contributed by atoms with E-state index in [1.807, 2.05) is 11.8 Å². The summed E-state index contributed by atoms with van der Waals surface area (Å²) in [5, 5.41) is 9.10. The van der Waals surface area contributed by atoms with Crippen LogP contribution in [0.2, 0.25) is 0 Å². The highest BCUT2D eigenvalue weighted by atomic mass is 32.2. The first-order valence-electron chi connectivity index (χ1n) is 10.2. The average molecular weight is 383 g/mol. The fourth-order valence-electron chi connectivity index (χ4n) is 4.30. The van der Waals surface area contributed by atoms with Crippen molar-refractivity contribution in [2.24, 2.45) is 0 Å². The summed E-state index contributed by atoms with van der Waals surface area (Å²) in [4.78, 5) is 8.02. The Hall–Kier alpha value is -1.33. The van der Waals surface area contributed by atoms with Crippen molar-refractivity contribution in [1.29, 1.82) is 0 Å². The maximum Gasteiger partial charge on any atom is 0.0443 e. The van der Waals surface area contributed by atoms with Gasteiger partial charge in [-0.05, 0) is 48.1 Å². The van der Waals surface area contributed by atoms with Crippen LogP contribution in [0.4, 0.5) is 0 Å². The average Bonchev–Trinajstić information content (AvgIpc) is 2.88. The molecule has 0 bridgehead atoms. The monoisotopic (exact) mass is 382 g/mol. The molecule has 2 aliphatic heterocycles. The van der Waals surface area contributed by atoms with E-state index in [1.165, 1.54) is 26.5 Å². The van der Waals surface area contributed by atoms with E-state index in [0.29, 0.717) is 12.6 Å². The van der Waals surface area contributed by atoms with Gasteiger partial charge in [-0.25, -0.2) is 0 Å². The van der Waals surface area contributed by atoms with Crippen LogP contribution >= 0.6 is 11.8 Å². The molecule has 0 aromatic heterocycles. The first-order chi connectivity index (χ1) is 13.3. The SMILES string of the molecule is CCc1ccc2c(c1)C(N1CCN(CCCO)CC1)Cc1ccccc1S2. The van der Waals surface area contributed by atoms with Crippen molar-refractivity contribution in [1.82, 2.24) is 9.80 Å². The van der Waals surface area contributed by atoms with Crippen LogP contribution in [0.5, 0.6) is 0 Å². The van der Waals surface area contributed by atoms with Crippen LogP contribution < -0.4 is 0 Å². The van der Waals surface area contributed by atoms with Crippen LogP contribution in [0.1, 0.15) is 36.1 Å². The molecule has 4 rings (SSSR count). The Morgan fingerprint density at radius 3 is 2.63 bits per heavy atom. The highest BCUT2D eigenvalue weighted by Crippen LogP contribution is 2.43. The number of fused-ring (bicyclic) bond motifs is 2. The van der Waals surface area contributed by atoms with Gasteiger partial charge in [-0.2, -0.15) is 0 Å². The number of aryl methyl sites for hydroxylation is 1. The molecule has 1 unspecified atom stereocenters. The molecule has 3 nitrogen and oxygen atoms in total. The summed E-state index contributed by atoms with van der Waals surface area (Å²) in [6.07, 6.45) is 3.07. The smallest absolute Gasteiger partial charge is 0.0443 e. The maximum absolute atomic E-state index is 9.10. The standard InChI is InChI=1S/C23H30N2OS/c1-2-18-8-9-23-20(16-18)21(17-19-6-3-4-7-22(19)27-23)25-13-11-24(12-14-25)10-5-15-26/h3-4,6-9,16,21,26H,2,5,10-15,17H2,1H3. The third-order valence-corrected chi connectivity index (χ3v) is 7.14. The molecule has 0 spiro atoms. The van der Waals surface area contributed by atoms with Crippen molar-refractivity contribution in [3.05, 3.63) is 59.2 Å². The molecule has 1 fully saturated rings. The number of nitrogens with zero attached hydrogens (tertiary/aromatic N) is 2. The molecular weight excluding hydrogens is 352 g/mol. The lowest BCUT2D eigenvalue weighted by atomic mass is 9.95. The number of piperazine rings is 1. The molecule has 1 atom stereocenters. The largest absolute Gasteiger partial charge is 0.396 e. The summed E-state index contributed by atoms with van der Waals surface area (Å²) < 4.78 is 0. The topological polar surface area (TPSA) is 26.7 Å². The third kappa shape index (κ3) is 4.24. The van der Waals surface area contributed by atoms with Crippen molar-refractivity contribution >= 4 is 11.8 Å². The summed E-state index contributed by atoms with van der Waals surface area (Å²) in [7, 11) is 0. The lowest BCUT2D eigenvalue weighted by Crippen LogP contribution is -2.48. The normalized spacial score (nSPS) is 20.7. The van der Waals surface area contributed by atoms with E-state index in [2.05, 4.69) is 59.2 Å². The first-order valence-corrected chi connectivity index (χ1v) is 11.1. The zero-order valence-corrected chi connectivity index (χ0v) is 17.0. The zero-order valence-electron chi connectivity index (χ0n) is 16.2. The van der Waals surface area contributed by atoms with Crippen LogP contribution in [0.15, 0.2) is 52.3 Å². The van der Waals surface area contributed by atoms with Crippen molar-refractivity contribution in [3.63, 3.8) is 0 Å². The molecular formula is C23H30N2OS. The molecule has 2 aliphatic rings. The van der Waals surface area contributed by atoms with Crippen LogP contribution in [-0.2, 0) is 12.8 Å². The van der Waals surface area contributed by atoms with E-state index in [9.17, 15) is 0 Å². The Morgan fingerprint density at radius 2 is 1.85 bits per heavy atom. The third-order valence-electron chi connectivity index (χ3n) is 5.93. The predicted octanol–water partition coefficient (Wildman–Crippen LogP) is 4.00. The molecule has 2 heterocycles. The van der Waals surface area contributed by atoms with Gasteiger partial charge in [0.15, 0.2) is 0 Å². The highest BCUT2D eigenvalue weighted by molar-refractivity contribution is 7.99.